The Hall–Kier alpha value is -2.07. The molecule has 0 N–H and O–H groups in total. The molecule has 0 spiro atoms. The number of carbonyl (C=O) groups is 1. The van der Waals surface area contributed by atoms with E-state index in [1.165, 1.54) is 0 Å². The van der Waals surface area contributed by atoms with Crippen molar-refractivity contribution < 1.29 is 19.0 Å². The van der Waals surface area contributed by atoms with Crippen LogP contribution in [0.25, 0.3) is 10.8 Å². The van der Waals surface area contributed by atoms with Crippen LogP contribution in [0, 0.1) is 0 Å². The van der Waals surface area contributed by atoms with Crippen LogP contribution >= 0.6 is 0 Å². The van der Waals surface area contributed by atoms with Crippen molar-refractivity contribution in [3.8, 4) is 5.75 Å². The number of hydrogen-bond donors (Lipinski definition) is 0. The maximum absolute atomic E-state index is 12.1. The Bertz CT molecular complexity index is 663. The van der Waals surface area contributed by atoms with Gasteiger partial charge in [0.2, 0.25) is 0 Å². The molecule has 0 aliphatic heterocycles. The van der Waals surface area contributed by atoms with Gasteiger partial charge in [-0.15, -0.1) is 0 Å². The second-order valence-corrected chi connectivity index (χ2v) is 5.78. The van der Waals surface area contributed by atoms with Gasteiger partial charge in [0.1, 0.15) is 12.4 Å². The number of fused-ring (bicyclic) bond motifs is 1. The summed E-state index contributed by atoms with van der Waals surface area (Å²) in [5.41, 5.74) is 0.942. The third-order valence-corrected chi connectivity index (χ3v) is 3.70. The highest BCUT2D eigenvalue weighted by atomic mass is 16.6. The first kappa shape index (κ1) is 17.3. The molecular formula is C19H24O4. The molecule has 0 fully saturated rings. The van der Waals surface area contributed by atoms with Crippen LogP contribution in [0.3, 0.4) is 0 Å². The Kier molecular flexibility index (Phi) is 5.99. The number of benzene rings is 2. The van der Waals surface area contributed by atoms with Gasteiger partial charge in [-0.3, -0.25) is 4.79 Å². The number of carbonyl (C=O) groups excluding carboxylic acids is 1. The monoisotopic (exact) mass is 316 g/mol. The highest BCUT2D eigenvalue weighted by Gasteiger charge is 2.17. The predicted octanol–water partition coefficient (Wildman–Crippen LogP) is 3.92. The number of hydrogen-bond acceptors (Lipinski definition) is 4. The van der Waals surface area contributed by atoms with Crippen molar-refractivity contribution in [2.45, 2.75) is 32.8 Å². The van der Waals surface area contributed by atoms with Crippen LogP contribution in [-0.2, 0) is 14.3 Å². The van der Waals surface area contributed by atoms with E-state index in [0.717, 1.165) is 22.1 Å². The Morgan fingerprint density at radius 2 is 1.70 bits per heavy atom. The van der Waals surface area contributed by atoms with E-state index in [9.17, 15) is 4.79 Å². The molecule has 0 radical (unpaired) electrons. The summed E-state index contributed by atoms with van der Waals surface area (Å²) in [4.78, 5) is 12.1. The molecule has 4 heteroatoms. The molecule has 0 saturated carbocycles. The fourth-order valence-electron chi connectivity index (χ4n) is 2.33. The van der Waals surface area contributed by atoms with Crippen LogP contribution in [0.2, 0.25) is 0 Å². The van der Waals surface area contributed by atoms with Crippen LogP contribution in [0.1, 0.15) is 32.3 Å². The molecule has 1 unspecified atom stereocenters. The number of esters is 1. The van der Waals surface area contributed by atoms with Crippen molar-refractivity contribution in [2.24, 2.45) is 0 Å². The Morgan fingerprint density at radius 1 is 1.00 bits per heavy atom. The van der Waals surface area contributed by atoms with Gasteiger partial charge >= 0.3 is 5.97 Å². The minimum absolute atomic E-state index is 0.142. The van der Waals surface area contributed by atoms with Crippen LogP contribution in [0.5, 0.6) is 5.75 Å². The van der Waals surface area contributed by atoms with E-state index in [4.69, 9.17) is 14.2 Å². The Labute approximate surface area is 137 Å². The Balaban J connectivity index is 2.02. The fourth-order valence-corrected chi connectivity index (χ4v) is 2.33. The smallest absolute Gasteiger partial charge is 0.313 e. The third-order valence-electron chi connectivity index (χ3n) is 3.70. The SMILES string of the molecule is COc1ccc2cc(C(C)C(=O)OCCOC(C)C)ccc2c1. The molecule has 0 amide bonds. The lowest BCUT2D eigenvalue weighted by atomic mass is 9.98. The van der Waals surface area contributed by atoms with Gasteiger partial charge in [-0.25, -0.2) is 0 Å². The van der Waals surface area contributed by atoms with E-state index in [1.807, 2.05) is 57.2 Å². The number of rotatable bonds is 7. The van der Waals surface area contributed by atoms with Crippen molar-refractivity contribution in [3.05, 3.63) is 42.0 Å². The molecule has 1 atom stereocenters. The zero-order valence-corrected chi connectivity index (χ0v) is 14.2. The third kappa shape index (κ3) is 4.70. The average molecular weight is 316 g/mol. The van der Waals surface area contributed by atoms with Crippen molar-refractivity contribution in [2.75, 3.05) is 20.3 Å². The van der Waals surface area contributed by atoms with Gasteiger partial charge in [-0.05, 0) is 49.2 Å². The summed E-state index contributed by atoms with van der Waals surface area (Å²) in [7, 11) is 1.65. The first-order valence-corrected chi connectivity index (χ1v) is 7.87. The molecular weight excluding hydrogens is 292 g/mol. The van der Waals surface area contributed by atoms with E-state index in [-0.39, 0.29) is 24.6 Å². The minimum atomic E-state index is -0.305. The molecule has 0 saturated heterocycles. The summed E-state index contributed by atoms with van der Waals surface area (Å²) in [5.74, 6) is 0.286. The van der Waals surface area contributed by atoms with E-state index in [2.05, 4.69) is 0 Å². The summed E-state index contributed by atoms with van der Waals surface area (Å²) >= 11 is 0. The van der Waals surface area contributed by atoms with Crippen LogP contribution in [0.4, 0.5) is 0 Å². The Morgan fingerprint density at radius 3 is 2.39 bits per heavy atom. The maximum atomic E-state index is 12.1. The van der Waals surface area contributed by atoms with E-state index < -0.39 is 0 Å². The van der Waals surface area contributed by atoms with Crippen molar-refractivity contribution in [1.29, 1.82) is 0 Å². The largest absolute Gasteiger partial charge is 0.497 e. The van der Waals surface area contributed by atoms with Crippen molar-refractivity contribution in [3.63, 3.8) is 0 Å². The van der Waals surface area contributed by atoms with Crippen LogP contribution < -0.4 is 4.74 Å². The molecule has 0 aromatic heterocycles. The minimum Gasteiger partial charge on any atom is -0.497 e. The van der Waals surface area contributed by atoms with Gasteiger partial charge in [-0.1, -0.05) is 24.3 Å². The molecule has 0 aliphatic carbocycles. The van der Waals surface area contributed by atoms with Gasteiger partial charge in [0.25, 0.3) is 0 Å². The van der Waals surface area contributed by atoms with Gasteiger partial charge in [-0.2, -0.15) is 0 Å². The molecule has 4 nitrogen and oxygen atoms in total. The number of methoxy groups -OCH3 is 1. The molecule has 2 aromatic rings. The topological polar surface area (TPSA) is 44.8 Å². The average Bonchev–Trinajstić information content (AvgIpc) is 2.56. The zero-order chi connectivity index (χ0) is 16.8. The van der Waals surface area contributed by atoms with Gasteiger partial charge in [0, 0.05) is 0 Å². The highest BCUT2D eigenvalue weighted by molar-refractivity contribution is 5.86. The molecule has 23 heavy (non-hydrogen) atoms. The van der Waals surface area contributed by atoms with E-state index in [0.29, 0.717) is 6.61 Å². The molecule has 124 valence electrons. The standard InChI is InChI=1S/C19H24O4/c1-13(2)22-9-10-23-19(20)14(3)15-5-6-17-12-18(21-4)8-7-16(17)11-15/h5-8,11-14H,9-10H2,1-4H3. The molecule has 0 bridgehead atoms. The quantitative estimate of drug-likeness (QED) is 0.574. The predicted molar refractivity (Wildman–Crippen MR) is 91.0 cm³/mol. The lowest BCUT2D eigenvalue weighted by molar-refractivity contribution is -0.147. The maximum Gasteiger partial charge on any atom is 0.313 e. The first-order valence-electron chi connectivity index (χ1n) is 7.87. The summed E-state index contributed by atoms with van der Waals surface area (Å²) < 4.78 is 15.9. The summed E-state index contributed by atoms with van der Waals surface area (Å²) in [6.45, 7) is 6.47. The summed E-state index contributed by atoms with van der Waals surface area (Å²) in [6, 6.07) is 11.9. The lowest BCUT2D eigenvalue weighted by Crippen LogP contribution is -2.17. The highest BCUT2D eigenvalue weighted by Crippen LogP contribution is 2.25. The second kappa shape index (κ2) is 7.97. The van der Waals surface area contributed by atoms with Crippen molar-refractivity contribution in [1.82, 2.24) is 0 Å². The van der Waals surface area contributed by atoms with Gasteiger partial charge < -0.3 is 14.2 Å². The summed E-state index contributed by atoms with van der Waals surface area (Å²) in [5, 5.41) is 2.16. The molecule has 0 aliphatic rings. The second-order valence-electron chi connectivity index (χ2n) is 5.78. The molecule has 2 rings (SSSR count). The van der Waals surface area contributed by atoms with Crippen LogP contribution in [0.15, 0.2) is 36.4 Å². The van der Waals surface area contributed by atoms with E-state index in [1.54, 1.807) is 7.11 Å². The van der Waals surface area contributed by atoms with Crippen LogP contribution in [-0.4, -0.2) is 32.4 Å². The normalized spacial score (nSPS) is 12.4. The summed E-state index contributed by atoms with van der Waals surface area (Å²) in [6.07, 6.45) is 0.142. The van der Waals surface area contributed by atoms with Gasteiger partial charge in [0.05, 0.1) is 25.7 Å². The lowest BCUT2D eigenvalue weighted by Gasteiger charge is -2.14. The zero-order valence-electron chi connectivity index (χ0n) is 14.2. The van der Waals surface area contributed by atoms with E-state index >= 15 is 0 Å². The molecule has 0 heterocycles. The first-order chi connectivity index (χ1) is 11.0. The number of ether oxygens (including phenoxy) is 3. The molecule has 2 aromatic carbocycles. The fraction of sp³-hybridized carbons (Fsp3) is 0.421. The van der Waals surface area contributed by atoms with Crippen molar-refractivity contribution >= 4 is 16.7 Å². The van der Waals surface area contributed by atoms with Gasteiger partial charge in [0.15, 0.2) is 0 Å².